The molecule has 0 saturated carbocycles. The van der Waals surface area contributed by atoms with Crippen LogP contribution in [-0.2, 0) is 6.42 Å². The predicted molar refractivity (Wildman–Crippen MR) is 76.8 cm³/mol. The largest absolute Gasteiger partial charge is 0.478 e. The first-order valence-corrected chi connectivity index (χ1v) is 8.20. The van der Waals surface area contributed by atoms with E-state index < -0.39 is 5.97 Å². The first kappa shape index (κ1) is 15.3. The average molecular weight is 286 g/mol. The molecule has 1 N–H and O–H groups in total. The molecule has 4 nitrogen and oxygen atoms in total. The standard InChI is InChI=1S/C12H18N2O2S2/c1-4-9-13-8(2)10(12(15)16)11(14-9)18-7-5-6-17-3/h4-7H2,1-3H3,(H,15,16). The molecule has 1 rings (SSSR count). The molecule has 0 aliphatic carbocycles. The molecular weight excluding hydrogens is 268 g/mol. The van der Waals surface area contributed by atoms with E-state index >= 15 is 0 Å². The van der Waals surface area contributed by atoms with E-state index in [4.69, 9.17) is 0 Å². The summed E-state index contributed by atoms with van der Waals surface area (Å²) in [4.78, 5) is 19.8. The molecule has 0 aliphatic rings. The summed E-state index contributed by atoms with van der Waals surface area (Å²) in [6.07, 6.45) is 3.84. The van der Waals surface area contributed by atoms with Gasteiger partial charge in [-0.1, -0.05) is 6.92 Å². The van der Waals surface area contributed by atoms with Crippen LogP contribution in [0.15, 0.2) is 5.03 Å². The summed E-state index contributed by atoms with van der Waals surface area (Å²) in [6, 6.07) is 0. The van der Waals surface area contributed by atoms with Gasteiger partial charge in [-0.15, -0.1) is 11.8 Å². The van der Waals surface area contributed by atoms with Crippen molar-refractivity contribution in [1.82, 2.24) is 9.97 Å². The maximum absolute atomic E-state index is 11.2. The zero-order valence-electron chi connectivity index (χ0n) is 10.9. The fourth-order valence-corrected chi connectivity index (χ4v) is 3.13. The number of carbonyl (C=O) groups is 1. The van der Waals surface area contributed by atoms with Crippen LogP contribution in [0.2, 0.25) is 0 Å². The Labute approximate surface area is 116 Å². The van der Waals surface area contributed by atoms with Gasteiger partial charge >= 0.3 is 5.97 Å². The van der Waals surface area contributed by atoms with Crippen molar-refractivity contribution in [1.29, 1.82) is 0 Å². The SMILES string of the molecule is CCc1nc(C)c(C(=O)O)c(SCCCSC)n1. The van der Waals surface area contributed by atoms with Gasteiger partial charge in [-0.25, -0.2) is 14.8 Å². The Morgan fingerprint density at radius 1 is 1.33 bits per heavy atom. The van der Waals surface area contributed by atoms with Crippen molar-refractivity contribution < 1.29 is 9.90 Å². The Morgan fingerprint density at radius 2 is 2.06 bits per heavy atom. The van der Waals surface area contributed by atoms with Crippen LogP contribution in [-0.4, -0.2) is 38.8 Å². The lowest BCUT2D eigenvalue weighted by molar-refractivity contribution is 0.0690. The van der Waals surface area contributed by atoms with Crippen molar-refractivity contribution >= 4 is 29.5 Å². The third-order valence-corrected chi connectivity index (χ3v) is 4.12. The highest BCUT2D eigenvalue weighted by Crippen LogP contribution is 2.24. The van der Waals surface area contributed by atoms with Gasteiger partial charge in [0.05, 0.1) is 5.69 Å². The summed E-state index contributed by atoms with van der Waals surface area (Å²) >= 11 is 3.31. The van der Waals surface area contributed by atoms with Gasteiger partial charge in [0.15, 0.2) is 0 Å². The minimum Gasteiger partial charge on any atom is -0.478 e. The summed E-state index contributed by atoms with van der Waals surface area (Å²) in [7, 11) is 0. The van der Waals surface area contributed by atoms with Crippen LogP contribution in [0.5, 0.6) is 0 Å². The first-order chi connectivity index (χ1) is 8.60. The number of aromatic nitrogens is 2. The number of rotatable bonds is 7. The van der Waals surface area contributed by atoms with Crippen molar-refractivity contribution in [3.63, 3.8) is 0 Å². The molecule has 0 amide bonds. The van der Waals surface area contributed by atoms with Gasteiger partial charge in [-0.05, 0) is 25.4 Å². The number of hydrogen-bond acceptors (Lipinski definition) is 5. The maximum Gasteiger partial charge on any atom is 0.340 e. The molecule has 0 saturated heterocycles. The molecule has 6 heteroatoms. The van der Waals surface area contributed by atoms with Gasteiger partial charge in [0.1, 0.15) is 16.4 Å². The molecule has 18 heavy (non-hydrogen) atoms. The minimum absolute atomic E-state index is 0.251. The Hall–Kier alpha value is -0.750. The average Bonchev–Trinajstić information content (AvgIpc) is 2.33. The fraction of sp³-hybridized carbons (Fsp3) is 0.583. The number of hydrogen-bond donors (Lipinski definition) is 1. The van der Waals surface area contributed by atoms with Crippen LogP contribution in [0.4, 0.5) is 0 Å². The lowest BCUT2D eigenvalue weighted by atomic mass is 10.2. The number of aryl methyl sites for hydroxylation is 2. The number of carboxylic acids is 1. The zero-order valence-corrected chi connectivity index (χ0v) is 12.5. The lowest BCUT2D eigenvalue weighted by Crippen LogP contribution is -2.09. The van der Waals surface area contributed by atoms with Crippen LogP contribution in [0, 0.1) is 6.92 Å². The second-order valence-electron chi connectivity index (χ2n) is 3.76. The topological polar surface area (TPSA) is 63.1 Å². The van der Waals surface area contributed by atoms with Crippen molar-refractivity contribution in [3.8, 4) is 0 Å². The van der Waals surface area contributed by atoms with E-state index in [1.807, 2.05) is 6.92 Å². The monoisotopic (exact) mass is 286 g/mol. The number of thioether (sulfide) groups is 2. The molecule has 0 unspecified atom stereocenters. The molecule has 0 aromatic carbocycles. The highest BCUT2D eigenvalue weighted by Gasteiger charge is 2.17. The molecule has 1 aromatic rings. The van der Waals surface area contributed by atoms with Crippen molar-refractivity contribution in [2.75, 3.05) is 17.8 Å². The smallest absolute Gasteiger partial charge is 0.340 e. The van der Waals surface area contributed by atoms with Crippen molar-refractivity contribution in [3.05, 3.63) is 17.1 Å². The van der Waals surface area contributed by atoms with Gasteiger partial charge in [0.2, 0.25) is 0 Å². The normalized spacial score (nSPS) is 10.6. The molecule has 0 radical (unpaired) electrons. The third kappa shape index (κ3) is 4.17. The van der Waals surface area contributed by atoms with Crippen LogP contribution < -0.4 is 0 Å². The molecular formula is C12H18N2O2S2. The van der Waals surface area contributed by atoms with E-state index in [9.17, 15) is 9.90 Å². The fourth-order valence-electron chi connectivity index (χ4n) is 1.48. The van der Waals surface area contributed by atoms with Crippen LogP contribution >= 0.6 is 23.5 Å². The van der Waals surface area contributed by atoms with E-state index in [1.165, 1.54) is 11.8 Å². The molecule has 100 valence electrons. The quantitative estimate of drug-likeness (QED) is 0.472. The lowest BCUT2D eigenvalue weighted by Gasteiger charge is -2.09. The van der Waals surface area contributed by atoms with E-state index in [1.54, 1.807) is 18.7 Å². The Balaban J connectivity index is 2.91. The summed E-state index contributed by atoms with van der Waals surface area (Å²) in [6.45, 7) is 3.70. The van der Waals surface area contributed by atoms with Gasteiger partial charge < -0.3 is 5.11 Å². The van der Waals surface area contributed by atoms with Crippen molar-refractivity contribution in [2.24, 2.45) is 0 Å². The summed E-state index contributed by atoms with van der Waals surface area (Å²) in [5.74, 6) is 1.74. The van der Waals surface area contributed by atoms with E-state index in [2.05, 4.69) is 16.2 Å². The van der Waals surface area contributed by atoms with Crippen LogP contribution in [0.1, 0.15) is 35.2 Å². The molecule has 0 bridgehead atoms. The molecule has 0 aliphatic heterocycles. The third-order valence-electron chi connectivity index (χ3n) is 2.36. The minimum atomic E-state index is -0.942. The number of aromatic carboxylic acids is 1. The van der Waals surface area contributed by atoms with Crippen LogP contribution in [0.25, 0.3) is 0 Å². The summed E-state index contributed by atoms with van der Waals surface area (Å²) in [5, 5.41) is 9.82. The van der Waals surface area contributed by atoms with Gasteiger partial charge in [0.25, 0.3) is 0 Å². The molecule has 0 atom stereocenters. The number of carboxylic acid groups (broad SMARTS) is 1. The number of nitrogens with zero attached hydrogens (tertiary/aromatic N) is 2. The Bertz CT molecular complexity index is 425. The van der Waals surface area contributed by atoms with Crippen LogP contribution in [0.3, 0.4) is 0 Å². The van der Waals surface area contributed by atoms with E-state index in [-0.39, 0.29) is 5.56 Å². The molecule has 1 aromatic heterocycles. The Morgan fingerprint density at radius 3 is 2.61 bits per heavy atom. The van der Waals surface area contributed by atoms with E-state index in [0.717, 1.165) is 24.3 Å². The molecule has 1 heterocycles. The Kier molecular flexibility index (Phi) is 6.49. The second kappa shape index (κ2) is 7.63. The molecule has 0 fully saturated rings. The molecule has 0 spiro atoms. The summed E-state index contributed by atoms with van der Waals surface area (Å²) in [5.41, 5.74) is 0.808. The predicted octanol–water partition coefficient (Wildman–Crippen LogP) is 2.89. The van der Waals surface area contributed by atoms with Gasteiger partial charge in [-0.3, -0.25) is 0 Å². The second-order valence-corrected chi connectivity index (χ2v) is 5.83. The van der Waals surface area contributed by atoms with Crippen molar-refractivity contribution in [2.45, 2.75) is 31.7 Å². The maximum atomic E-state index is 11.2. The van der Waals surface area contributed by atoms with Gasteiger partial charge in [0, 0.05) is 12.2 Å². The first-order valence-electron chi connectivity index (χ1n) is 5.82. The van der Waals surface area contributed by atoms with Gasteiger partial charge in [-0.2, -0.15) is 11.8 Å². The summed E-state index contributed by atoms with van der Waals surface area (Å²) < 4.78 is 0. The zero-order chi connectivity index (χ0) is 13.5. The highest BCUT2D eigenvalue weighted by molar-refractivity contribution is 7.99. The highest BCUT2D eigenvalue weighted by atomic mass is 32.2. The van der Waals surface area contributed by atoms with E-state index in [0.29, 0.717) is 16.5 Å².